The lowest BCUT2D eigenvalue weighted by Crippen LogP contribution is -2.41. The number of pyridine rings is 1. The van der Waals surface area contributed by atoms with E-state index in [4.69, 9.17) is 0 Å². The summed E-state index contributed by atoms with van der Waals surface area (Å²) in [4.78, 5) is 51.1. The highest BCUT2D eigenvalue weighted by molar-refractivity contribution is 6.04. The Balaban J connectivity index is 1.33. The molecule has 0 bridgehead atoms. The molecule has 0 spiro atoms. The molecule has 1 aliphatic heterocycles. The van der Waals surface area contributed by atoms with Crippen LogP contribution in [0.4, 0.5) is 4.79 Å². The van der Waals surface area contributed by atoms with Crippen LogP contribution in [0, 0.1) is 5.92 Å². The van der Waals surface area contributed by atoms with Crippen LogP contribution < -0.4 is 21.3 Å². The molecule has 4 N–H and O–H groups in total. The average molecular weight is 387 g/mol. The number of carbonyl (C=O) groups is 4. The van der Waals surface area contributed by atoms with E-state index >= 15 is 0 Å². The standard InChI is InChI=1S/C19H25N5O4/c25-16(9-8-15-18(27)24-19(28)23-15)22-13-6-4-12(5-7-13)17(26)21-11-14-3-1-2-10-20-14/h1-3,10,12-13,15H,4-9,11H2,(H,21,26)(H,22,25)(H2,23,24,27,28)/t12?,13?,15-/m0/s1. The van der Waals surface area contributed by atoms with Crippen LogP contribution in [0.1, 0.15) is 44.2 Å². The Kier molecular flexibility index (Phi) is 6.57. The number of imide groups is 1. The van der Waals surface area contributed by atoms with Gasteiger partial charge >= 0.3 is 6.03 Å². The monoisotopic (exact) mass is 387 g/mol. The van der Waals surface area contributed by atoms with E-state index in [1.165, 1.54) is 0 Å². The quantitative estimate of drug-likeness (QED) is 0.502. The number of amides is 5. The lowest BCUT2D eigenvalue weighted by molar-refractivity contribution is -0.126. The van der Waals surface area contributed by atoms with Gasteiger partial charge in [0.2, 0.25) is 11.8 Å². The molecular weight excluding hydrogens is 362 g/mol. The lowest BCUT2D eigenvalue weighted by Gasteiger charge is -2.28. The Labute approximate surface area is 163 Å². The highest BCUT2D eigenvalue weighted by Crippen LogP contribution is 2.24. The van der Waals surface area contributed by atoms with E-state index in [-0.39, 0.29) is 36.6 Å². The molecule has 1 saturated carbocycles. The smallest absolute Gasteiger partial charge is 0.322 e. The van der Waals surface area contributed by atoms with Crippen LogP contribution in [0.2, 0.25) is 0 Å². The van der Waals surface area contributed by atoms with E-state index in [0.29, 0.717) is 6.54 Å². The number of nitrogens with zero attached hydrogens (tertiary/aromatic N) is 1. The summed E-state index contributed by atoms with van der Waals surface area (Å²) in [6.07, 6.45) is 5.07. The van der Waals surface area contributed by atoms with Crippen molar-refractivity contribution in [2.24, 2.45) is 5.92 Å². The van der Waals surface area contributed by atoms with Crippen molar-refractivity contribution < 1.29 is 19.2 Å². The molecule has 0 aromatic carbocycles. The Hall–Kier alpha value is -2.97. The predicted molar refractivity (Wildman–Crippen MR) is 99.7 cm³/mol. The Morgan fingerprint density at radius 3 is 2.57 bits per heavy atom. The number of nitrogens with one attached hydrogen (secondary N) is 4. The fourth-order valence-electron chi connectivity index (χ4n) is 3.56. The van der Waals surface area contributed by atoms with Gasteiger partial charge in [0.25, 0.3) is 5.91 Å². The second kappa shape index (κ2) is 9.29. The molecule has 3 rings (SSSR count). The van der Waals surface area contributed by atoms with E-state index in [1.54, 1.807) is 6.20 Å². The molecule has 1 saturated heterocycles. The van der Waals surface area contributed by atoms with Crippen LogP contribution in [0.15, 0.2) is 24.4 Å². The minimum Gasteiger partial charge on any atom is -0.353 e. The highest BCUT2D eigenvalue weighted by Gasteiger charge is 2.30. The maximum absolute atomic E-state index is 12.3. The normalized spacial score (nSPS) is 24.2. The van der Waals surface area contributed by atoms with Gasteiger partial charge in [-0.2, -0.15) is 0 Å². The van der Waals surface area contributed by atoms with Crippen molar-refractivity contribution in [3.63, 3.8) is 0 Å². The first-order valence-corrected chi connectivity index (χ1v) is 9.59. The molecule has 1 aliphatic carbocycles. The first-order valence-electron chi connectivity index (χ1n) is 9.59. The van der Waals surface area contributed by atoms with Gasteiger partial charge < -0.3 is 16.0 Å². The van der Waals surface area contributed by atoms with Crippen molar-refractivity contribution in [1.82, 2.24) is 26.3 Å². The molecule has 28 heavy (non-hydrogen) atoms. The molecule has 0 unspecified atom stereocenters. The molecule has 9 heteroatoms. The third kappa shape index (κ3) is 5.51. The van der Waals surface area contributed by atoms with Gasteiger partial charge in [0.15, 0.2) is 0 Å². The van der Waals surface area contributed by atoms with Gasteiger partial charge in [-0.3, -0.25) is 24.7 Å². The number of urea groups is 1. The molecular formula is C19H25N5O4. The van der Waals surface area contributed by atoms with Crippen molar-refractivity contribution in [1.29, 1.82) is 0 Å². The number of hydrogen-bond acceptors (Lipinski definition) is 5. The van der Waals surface area contributed by atoms with Crippen LogP contribution in [-0.4, -0.2) is 40.8 Å². The zero-order valence-electron chi connectivity index (χ0n) is 15.6. The van der Waals surface area contributed by atoms with E-state index in [0.717, 1.165) is 31.4 Å². The molecule has 5 amide bonds. The van der Waals surface area contributed by atoms with Gasteiger partial charge in [-0.25, -0.2) is 4.79 Å². The largest absolute Gasteiger partial charge is 0.353 e. The summed E-state index contributed by atoms with van der Waals surface area (Å²) in [7, 11) is 0. The summed E-state index contributed by atoms with van der Waals surface area (Å²) in [6.45, 7) is 0.418. The zero-order valence-corrected chi connectivity index (χ0v) is 15.6. The predicted octanol–water partition coefficient (Wildman–Crippen LogP) is 0.361. The summed E-state index contributed by atoms with van der Waals surface area (Å²) in [5, 5.41) is 10.5. The molecule has 0 radical (unpaired) electrons. The lowest BCUT2D eigenvalue weighted by atomic mass is 9.85. The molecule has 1 aromatic rings. The van der Waals surface area contributed by atoms with Gasteiger partial charge in [-0.1, -0.05) is 6.07 Å². The highest BCUT2D eigenvalue weighted by atomic mass is 16.2. The van der Waals surface area contributed by atoms with Crippen molar-refractivity contribution in [3.8, 4) is 0 Å². The molecule has 9 nitrogen and oxygen atoms in total. The van der Waals surface area contributed by atoms with Gasteiger partial charge in [0.1, 0.15) is 6.04 Å². The second-order valence-corrected chi connectivity index (χ2v) is 7.21. The maximum Gasteiger partial charge on any atom is 0.322 e. The van der Waals surface area contributed by atoms with Gasteiger partial charge in [0.05, 0.1) is 12.2 Å². The van der Waals surface area contributed by atoms with Crippen molar-refractivity contribution in [3.05, 3.63) is 30.1 Å². The van der Waals surface area contributed by atoms with Crippen LogP contribution in [0.5, 0.6) is 0 Å². The number of hydrogen-bond donors (Lipinski definition) is 4. The zero-order chi connectivity index (χ0) is 19.9. The third-order valence-electron chi connectivity index (χ3n) is 5.15. The van der Waals surface area contributed by atoms with E-state index in [2.05, 4.69) is 26.3 Å². The van der Waals surface area contributed by atoms with E-state index < -0.39 is 18.0 Å². The van der Waals surface area contributed by atoms with Crippen molar-refractivity contribution in [2.75, 3.05) is 0 Å². The summed E-state index contributed by atoms with van der Waals surface area (Å²) >= 11 is 0. The molecule has 150 valence electrons. The fourth-order valence-corrected chi connectivity index (χ4v) is 3.56. The molecule has 1 atom stereocenters. The van der Waals surface area contributed by atoms with Crippen LogP contribution >= 0.6 is 0 Å². The SMILES string of the molecule is O=C(CC[C@@H]1NC(=O)NC1=O)NC1CCC(C(=O)NCc2ccccn2)CC1. The van der Waals surface area contributed by atoms with Gasteiger partial charge in [-0.15, -0.1) is 0 Å². The number of aromatic nitrogens is 1. The Morgan fingerprint density at radius 2 is 1.93 bits per heavy atom. The fraction of sp³-hybridized carbons (Fsp3) is 0.526. The summed E-state index contributed by atoms with van der Waals surface area (Å²) in [5.41, 5.74) is 0.823. The second-order valence-electron chi connectivity index (χ2n) is 7.21. The summed E-state index contributed by atoms with van der Waals surface area (Å²) in [5.74, 6) is -0.556. The van der Waals surface area contributed by atoms with Crippen LogP contribution in [-0.2, 0) is 20.9 Å². The maximum atomic E-state index is 12.3. The van der Waals surface area contributed by atoms with Gasteiger partial charge in [0, 0.05) is 24.6 Å². The Morgan fingerprint density at radius 1 is 1.14 bits per heavy atom. The minimum absolute atomic E-state index is 0.0263. The molecule has 2 heterocycles. The summed E-state index contributed by atoms with van der Waals surface area (Å²) < 4.78 is 0. The van der Waals surface area contributed by atoms with E-state index in [9.17, 15) is 19.2 Å². The van der Waals surface area contributed by atoms with Crippen molar-refractivity contribution >= 4 is 23.8 Å². The molecule has 1 aromatic heterocycles. The number of carbonyl (C=O) groups excluding carboxylic acids is 4. The summed E-state index contributed by atoms with van der Waals surface area (Å²) in [6, 6.07) is 4.47. The van der Waals surface area contributed by atoms with Crippen LogP contribution in [0.25, 0.3) is 0 Å². The Bertz CT molecular complexity index is 731. The first kappa shape index (κ1) is 19.8. The van der Waals surface area contributed by atoms with Gasteiger partial charge in [-0.05, 0) is 44.2 Å². The van der Waals surface area contributed by atoms with Crippen molar-refractivity contribution in [2.45, 2.75) is 57.2 Å². The molecule has 2 aliphatic rings. The number of rotatable bonds is 7. The topological polar surface area (TPSA) is 129 Å². The third-order valence-corrected chi connectivity index (χ3v) is 5.15. The first-order chi connectivity index (χ1) is 13.5. The minimum atomic E-state index is -0.642. The van der Waals surface area contributed by atoms with E-state index in [1.807, 2.05) is 18.2 Å². The molecule has 2 fully saturated rings. The van der Waals surface area contributed by atoms with Crippen LogP contribution in [0.3, 0.4) is 0 Å². The average Bonchev–Trinajstić information content (AvgIpc) is 3.03.